The number of nitrogens with zero attached hydrogens (tertiary/aromatic N) is 1. The van der Waals surface area contributed by atoms with E-state index in [1.54, 1.807) is 0 Å². The first kappa shape index (κ1) is 16.5. The lowest BCUT2D eigenvalue weighted by atomic mass is 9.86. The maximum absolute atomic E-state index is 11.8. The molecule has 3 heteroatoms. The van der Waals surface area contributed by atoms with Crippen LogP contribution in [-0.4, -0.2) is 43.7 Å². The van der Waals surface area contributed by atoms with Crippen molar-refractivity contribution >= 4 is 5.97 Å². The third-order valence-electron chi connectivity index (χ3n) is 4.78. The highest BCUT2D eigenvalue weighted by Crippen LogP contribution is 2.27. The predicted octanol–water partition coefficient (Wildman–Crippen LogP) is 3.38. The van der Waals surface area contributed by atoms with Gasteiger partial charge in [-0.2, -0.15) is 0 Å². The van der Waals surface area contributed by atoms with Crippen LogP contribution in [0.25, 0.3) is 0 Å². The van der Waals surface area contributed by atoms with E-state index in [1.165, 1.54) is 38.5 Å². The Labute approximate surface area is 118 Å². The molecule has 0 aromatic carbocycles. The number of carbonyl (C=O) groups is 1. The van der Waals surface area contributed by atoms with Crippen LogP contribution in [0, 0.1) is 5.92 Å². The van der Waals surface area contributed by atoms with Crippen LogP contribution >= 0.6 is 0 Å². The summed E-state index contributed by atoms with van der Waals surface area (Å²) < 4.78 is 6.16. The molecule has 0 unspecified atom stereocenters. The first-order valence-electron chi connectivity index (χ1n) is 8.09. The van der Waals surface area contributed by atoms with E-state index in [0.717, 1.165) is 29.9 Å². The lowest BCUT2D eigenvalue weighted by Gasteiger charge is -2.30. The molecule has 1 aliphatic carbocycles. The Morgan fingerprint density at radius 2 is 1.79 bits per heavy atom. The van der Waals surface area contributed by atoms with Crippen molar-refractivity contribution in [1.29, 1.82) is 0 Å². The number of hydrogen-bond acceptors (Lipinski definition) is 2. The van der Waals surface area contributed by atoms with Gasteiger partial charge in [0.1, 0.15) is 0 Å². The summed E-state index contributed by atoms with van der Waals surface area (Å²) in [6.07, 6.45) is 9.25. The van der Waals surface area contributed by atoms with Crippen LogP contribution in [0.2, 0.25) is 0 Å². The second kappa shape index (κ2) is 8.57. The zero-order valence-electron chi connectivity index (χ0n) is 13.1. The van der Waals surface area contributed by atoms with E-state index in [1.807, 2.05) is 0 Å². The van der Waals surface area contributed by atoms with Crippen LogP contribution < -0.4 is 0 Å². The molecule has 0 bridgehead atoms. The van der Waals surface area contributed by atoms with Crippen molar-refractivity contribution in [2.45, 2.75) is 58.8 Å². The van der Waals surface area contributed by atoms with Gasteiger partial charge in [-0.25, -0.2) is 4.79 Å². The van der Waals surface area contributed by atoms with E-state index in [0.29, 0.717) is 13.2 Å². The van der Waals surface area contributed by atoms with Crippen molar-refractivity contribution < 1.29 is 14.0 Å². The first-order chi connectivity index (χ1) is 9.09. The molecule has 0 aromatic heterocycles. The first-order valence-corrected chi connectivity index (χ1v) is 8.09. The molecule has 0 spiro atoms. The van der Waals surface area contributed by atoms with Crippen molar-refractivity contribution in [2.75, 3.05) is 33.3 Å². The Balaban J connectivity index is 2.09. The van der Waals surface area contributed by atoms with Gasteiger partial charge in [-0.3, -0.25) is 0 Å². The van der Waals surface area contributed by atoms with Gasteiger partial charge in [0.25, 0.3) is 0 Å². The molecule has 0 heterocycles. The second-order valence-corrected chi connectivity index (χ2v) is 6.28. The van der Waals surface area contributed by atoms with Gasteiger partial charge in [0, 0.05) is 0 Å². The molecular formula is C16H32NO2+. The van der Waals surface area contributed by atoms with Crippen molar-refractivity contribution in [2.24, 2.45) is 5.92 Å². The number of hydrogen-bond donors (Lipinski definition) is 0. The van der Waals surface area contributed by atoms with Gasteiger partial charge >= 0.3 is 5.97 Å². The molecule has 1 rings (SSSR count). The van der Waals surface area contributed by atoms with E-state index < -0.39 is 0 Å². The summed E-state index contributed by atoms with van der Waals surface area (Å²) in [5.74, 6) is 0.856. The topological polar surface area (TPSA) is 26.3 Å². The molecule has 0 saturated heterocycles. The fourth-order valence-corrected chi connectivity index (χ4v) is 2.84. The highest BCUT2D eigenvalue weighted by molar-refractivity contribution is 5.70. The molecule has 3 nitrogen and oxygen atoms in total. The number of esters is 1. The normalized spacial score (nSPS) is 17.4. The molecule has 0 atom stereocenters. The monoisotopic (exact) mass is 270 g/mol. The highest BCUT2D eigenvalue weighted by Gasteiger charge is 2.22. The van der Waals surface area contributed by atoms with E-state index in [-0.39, 0.29) is 5.97 Å². The van der Waals surface area contributed by atoms with E-state index in [2.05, 4.69) is 20.9 Å². The maximum atomic E-state index is 11.8. The summed E-state index contributed by atoms with van der Waals surface area (Å²) >= 11 is 0. The van der Waals surface area contributed by atoms with E-state index in [9.17, 15) is 4.79 Å². The van der Waals surface area contributed by atoms with Crippen LogP contribution in [0.5, 0.6) is 0 Å². The van der Waals surface area contributed by atoms with E-state index >= 15 is 0 Å². The van der Waals surface area contributed by atoms with Gasteiger partial charge in [-0.15, -0.1) is 0 Å². The van der Waals surface area contributed by atoms with Crippen molar-refractivity contribution in [1.82, 2.24) is 0 Å². The minimum Gasteiger partial charge on any atom is -0.462 e. The van der Waals surface area contributed by atoms with Crippen LogP contribution in [-0.2, 0) is 9.53 Å². The third-order valence-corrected chi connectivity index (χ3v) is 4.78. The Kier molecular flexibility index (Phi) is 7.44. The Morgan fingerprint density at radius 3 is 2.37 bits per heavy atom. The maximum Gasteiger partial charge on any atom is 0.361 e. The van der Waals surface area contributed by atoms with Gasteiger partial charge in [0.2, 0.25) is 0 Å². The van der Waals surface area contributed by atoms with Crippen molar-refractivity contribution in [3.8, 4) is 0 Å². The second-order valence-electron chi connectivity index (χ2n) is 6.28. The molecule has 0 amide bonds. The van der Waals surface area contributed by atoms with Crippen LogP contribution in [0.4, 0.5) is 0 Å². The fourth-order valence-electron chi connectivity index (χ4n) is 2.84. The van der Waals surface area contributed by atoms with Gasteiger partial charge in [-0.1, -0.05) is 32.1 Å². The van der Waals surface area contributed by atoms with Crippen LogP contribution in [0.15, 0.2) is 0 Å². The van der Waals surface area contributed by atoms with Crippen LogP contribution in [0.3, 0.4) is 0 Å². The third kappa shape index (κ3) is 6.42. The minimum absolute atomic E-state index is 0.0326. The average Bonchev–Trinajstić information content (AvgIpc) is 2.44. The number of carbonyl (C=O) groups excluding carboxylic acids is 1. The summed E-state index contributed by atoms with van der Waals surface area (Å²) in [6, 6.07) is 0. The smallest absolute Gasteiger partial charge is 0.361 e. The van der Waals surface area contributed by atoms with Crippen LogP contribution in [0.1, 0.15) is 58.8 Å². The summed E-state index contributed by atoms with van der Waals surface area (Å²) in [5, 5.41) is 0. The molecule has 0 aromatic rings. The summed E-state index contributed by atoms with van der Waals surface area (Å²) in [6.45, 7) is 7.33. The number of rotatable bonds is 8. The molecule has 19 heavy (non-hydrogen) atoms. The summed E-state index contributed by atoms with van der Waals surface area (Å²) in [7, 11) is 2.11. The highest BCUT2D eigenvalue weighted by atomic mass is 16.5. The molecule has 0 radical (unpaired) electrons. The number of quaternary nitrogens is 1. The zero-order chi connectivity index (χ0) is 14.1. The SMILES string of the molecule is CC[N+](C)(CC)CC(=O)OCCCC1CCCCC1. The quantitative estimate of drug-likeness (QED) is 0.384. The standard InChI is InChI=1S/C16H32NO2/c1-4-17(3,5-2)14-16(18)19-13-9-12-15-10-7-6-8-11-15/h15H,4-14H2,1-3H3/q+1. The summed E-state index contributed by atoms with van der Waals surface area (Å²) in [5.41, 5.74) is 0. The molecule has 1 saturated carbocycles. The lowest BCUT2D eigenvalue weighted by Crippen LogP contribution is -2.47. The minimum atomic E-state index is -0.0326. The Morgan fingerprint density at radius 1 is 1.16 bits per heavy atom. The van der Waals surface area contributed by atoms with Gasteiger partial charge in [0.05, 0.1) is 26.7 Å². The number of likely N-dealkylation sites (N-methyl/N-ethyl adjacent to an activating group) is 1. The Bertz CT molecular complexity index is 255. The molecule has 1 fully saturated rings. The van der Waals surface area contributed by atoms with Crippen molar-refractivity contribution in [3.05, 3.63) is 0 Å². The Hall–Kier alpha value is -0.570. The zero-order valence-corrected chi connectivity index (χ0v) is 13.1. The molecule has 0 aliphatic heterocycles. The summed E-state index contributed by atoms with van der Waals surface area (Å²) in [4.78, 5) is 11.8. The number of ether oxygens (including phenoxy) is 1. The fraction of sp³-hybridized carbons (Fsp3) is 0.938. The molecule has 1 aliphatic rings. The average molecular weight is 270 g/mol. The lowest BCUT2D eigenvalue weighted by molar-refractivity contribution is -0.899. The predicted molar refractivity (Wildman–Crippen MR) is 78.9 cm³/mol. The molecular weight excluding hydrogens is 238 g/mol. The van der Waals surface area contributed by atoms with Crippen molar-refractivity contribution in [3.63, 3.8) is 0 Å². The van der Waals surface area contributed by atoms with Gasteiger partial charge in [-0.05, 0) is 32.6 Å². The largest absolute Gasteiger partial charge is 0.462 e. The molecule has 112 valence electrons. The van der Waals surface area contributed by atoms with E-state index in [4.69, 9.17) is 4.74 Å². The van der Waals surface area contributed by atoms with Gasteiger partial charge < -0.3 is 9.22 Å². The molecule has 0 N–H and O–H groups in total. The van der Waals surface area contributed by atoms with Gasteiger partial charge in [0.15, 0.2) is 6.54 Å².